The third-order valence-corrected chi connectivity index (χ3v) is 4.75. The molecule has 0 aliphatic heterocycles. The van der Waals surface area contributed by atoms with E-state index in [1.165, 1.54) is 6.07 Å². The van der Waals surface area contributed by atoms with Crippen LogP contribution in [-0.2, 0) is 0 Å². The Kier molecular flexibility index (Phi) is 4.49. The molecule has 1 aromatic heterocycles. The first-order valence-electron chi connectivity index (χ1n) is 6.44. The normalized spacial score (nSPS) is 12.2. The molecule has 21 heavy (non-hydrogen) atoms. The minimum absolute atomic E-state index is 0.0624. The molecular weight excluding hydrogens is 310 g/mol. The number of nitrogens with one attached hydrogen (secondary N) is 1. The molecule has 1 atom stereocenters. The standard InChI is InChI=1S/C14H16ClN3O2S/c1-7-5-13(18(19)20)11(15)6-12(7)17-9(3)14-8(2)16-10(4)21-14/h5-6,9,17H,1-4H3. The molecule has 0 radical (unpaired) electrons. The topological polar surface area (TPSA) is 68.1 Å². The van der Waals surface area contributed by atoms with Crippen LogP contribution in [0.15, 0.2) is 12.1 Å². The van der Waals surface area contributed by atoms with Crippen molar-refractivity contribution in [3.8, 4) is 0 Å². The van der Waals surface area contributed by atoms with Crippen molar-refractivity contribution >= 4 is 34.3 Å². The third-order valence-electron chi connectivity index (χ3n) is 3.20. The van der Waals surface area contributed by atoms with Gasteiger partial charge < -0.3 is 5.32 Å². The molecule has 1 unspecified atom stereocenters. The molecule has 1 heterocycles. The van der Waals surface area contributed by atoms with E-state index in [0.29, 0.717) is 0 Å². The summed E-state index contributed by atoms with van der Waals surface area (Å²) in [5, 5.41) is 15.4. The Morgan fingerprint density at radius 2 is 2.05 bits per heavy atom. The van der Waals surface area contributed by atoms with E-state index in [4.69, 9.17) is 11.6 Å². The molecule has 0 spiro atoms. The number of hydrogen-bond acceptors (Lipinski definition) is 5. The summed E-state index contributed by atoms with van der Waals surface area (Å²) < 4.78 is 0. The minimum Gasteiger partial charge on any atom is -0.377 e. The van der Waals surface area contributed by atoms with Gasteiger partial charge in [-0.1, -0.05) is 11.6 Å². The van der Waals surface area contributed by atoms with E-state index in [-0.39, 0.29) is 16.8 Å². The molecular formula is C14H16ClN3O2S. The van der Waals surface area contributed by atoms with Crippen molar-refractivity contribution < 1.29 is 4.92 Å². The van der Waals surface area contributed by atoms with Gasteiger partial charge in [-0.2, -0.15) is 0 Å². The van der Waals surface area contributed by atoms with Crippen LogP contribution < -0.4 is 5.32 Å². The number of halogens is 1. The summed E-state index contributed by atoms with van der Waals surface area (Å²) in [6.45, 7) is 7.81. The molecule has 0 fully saturated rings. The van der Waals surface area contributed by atoms with Gasteiger partial charge in [0.1, 0.15) is 5.02 Å². The van der Waals surface area contributed by atoms with Gasteiger partial charge in [0.15, 0.2) is 0 Å². The zero-order chi connectivity index (χ0) is 15.7. The Hall–Kier alpha value is -1.66. The summed E-state index contributed by atoms with van der Waals surface area (Å²) in [5.74, 6) is 0. The molecule has 7 heteroatoms. The van der Waals surface area contributed by atoms with Gasteiger partial charge >= 0.3 is 0 Å². The van der Waals surface area contributed by atoms with Gasteiger partial charge in [-0.25, -0.2) is 4.98 Å². The predicted octanol–water partition coefficient (Wildman–Crippen LogP) is 4.80. The van der Waals surface area contributed by atoms with Crippen LogP contribution in [0.3, 0.4) is 0 Å². The lowest BCUT2D eigenvalue weighted by Gasteiger charge is -2.16. The molecule has 0 aliphatic rings. The fraction of sp³-hybridized carbons (Fsp3) is 0.357. The average Bonchev–Trinajstić information content (AvgIpc) is 2.72. The highest BCUT2D eigenvalue weighted by Crippen LogP contribution is 2.33. The number of anilines is 1. The zero-order valence-electron chi connectivity index (χ0n) is 12.2. The van der Waals surface area contributed by atoms with E-state index >= 15 is 0 Å². The number of benzene rings is 1. The maximum atomic E-state index is 10.9. The molecule has 0 saturated carbocycles. The SMILES string of the molecule is Cc1nc(C)c(C(C)Nc2cc(Cl)c([N+](=O)[O-])cc2C)s1. The fourth-order valence-corrected chi connectivity index (χ4v) is 3.37. The lowest BCUT2D eigenvalue weighted by molar-refractivity contribution is -0.384. The van der Waals surface area contributed by atoms with Gasteiger partial charge in [-0.3, -0.25) is 10.1 Å². The van der Waals surface area contributed by atoms with E-state index in [2.05, 4.69) is 10.3 Å². The Morgan fingerprint density at radius 1 is 1.38 bits per heavy atom. The van der Waals surface area contributed by atoms with Gasteiger partial charge in [0, 0.05) is 16.6 Å². The maximum Gasteiger partial charge on any atom is 0.288 e. The van der Waals surface area contributed by atoms with E-state index in [9.17, 15) is 10.1 Å². The fourth-order valence-electron chi connectivity index (χ4n) is 2.21. The van der Waals surface area contributed by atoms with Crippen LogP contribution in [-0.4, -0.2) is 9.91 Å². The van der Waals surface area contributed by atoms with Crippen molar-refractivity contribution in [3.63, 3.8) is 0 Å². The minimum atomic E-state index is -0.473. The Balaban J connectivity index is 2.29. The molecule has 0 bridgehead atoms. The van der Waals surface area contributed by atoms with Crippen LogP contribution in [0.1, 0.15) is 34.1 Å². The molecule has 1 aromatic carbocycles. The smallest absolute Gasteiger partial charge is 0.288 e. The van der Waals surface area contributed by atoms with E-state index in [1.807, 2.05) is 27.7 Å². The molecule has 2 rings (SSSR count). The zero-order valence-corrected chi connectivity index (χ0v) is 13.8. The molecule has 1 N–H and O–H groups in total. The first-order chi connectivity index (χ1) is 9.79. The number of nitro groups is 1. The second-order valence-electron chi connectivity index (χ2n) is 4.92. The second kappa shape index (κ2) is 5.99. The van der Waals surface area contributed by atoms with Crippen molar-refractivity contribution in [2.24, 2.45) is 0 Å². The number of hydrogen-bond donors (Lipinski definition) is 1. The summed E-state index contributed by atoms with van der Waals surface area (Å²) in [7, 11) is 0. The van der Waals surface area contributed by atoms with Crippen LogP contribution in [0.5, 0.6) is 0 Å². The highest BCUT2D eigenvalue weighted by atomic mass is 35.5. The predicted molar refractivity (Wildman–Crippen MR) is 86.5 cm³/mol. The Bertz CT molecular complexity index is 700. The lowest BCUT2D eigenvalue weighted by atomic mass is 10.1. The largest absolute Gasteiger partial charge is 0.377 e. The maximum absolute atomic E-state index is 10.9. The van der Waals surface area contributed by atoms with Crippen LogP contribution in [0.25, 0.3) is 0 Å². The van der Waals surface area contributed by atoms with Gasteiger partial charge in [0.05, 0.1) is 21.7 Å². The quantitative estimate of drug-likeness (QED) is 0.647. The summed E-state index contributed by atoms with van der Waals surface area (Å²) in [4.78, 5) is 16.0. The van der Waals surface area contributed by atoms with Crippen molar-refractivity contribution in [1.29, 1.82) is 0 Å². The highest BCUT2D eigenvalue weighted by Gasteiger charge is 2.18. The number of aromatic nitrogens is 1. The summed E-state index contributed by atoms with van der Waals surface area (Å²) in [6.07, 6.45) is 0. The Morgan fingerprint density at radius 3 is 2.57 bits per heavy atom. The molecule has 5 nitrogen and oxygen atoms in total. The van der Waals surface area contributed by atoms with Crippen molar-refractivity contribution in [2.45, 2.75) is 33.7 Å². The van der Waals surface area contributed by atoms with Crippen molar-refractivity contribution in [3.05, 3.63) is 48.4 Å². The lowest BCUT2D eigenvalue weighted by Crippen LogP contribution is -2.08. The molecule has 2 aromatic rings. The third kappa shape index (κ3) is 3.33. The van der Waals surface area contributed by atoms with Crippen LogP contribution in [0.2, 0.25) is 5.02 Å². The van der Waals surface area contributed by atoms with Gasteiger partial charge in [0.2, 0.25) is 0 Å². The van der Waals surface area contributed by atoms with Crippen LogP contribution >= 0.6 is 22.9 Å². The number of nitrogens with zero attached hydrogens (tertiary/aromatic N) is 2. The highest BCUT2D eigenvalue weighted by molar-refractivity contribution is 7.11. The molecule has 0 amide bonds. The van der Waals surface area contributed by atoms with Crippen LogP contribution in [0.4, 0.5) is 11.4 Å². The second-order valence-corrected chi connectivity index (χ2v) is 6.57. The summed E-state index contributed by atoms with van der Waals surface area (Å²) >= 11 is 7.61. The Labute approximate surface area is 132 Å². The van der Waals surface area contributed by atoms with E-state index in [1.54, 1.807) is 17.4 Å². The molecule has 0 aliphatic carbocycles. The van der Waals surface area contributed by atoms with Gasteiger partial charge in [0.25, 0.3) is 5.69 Å². The number of rotatable bonds is 4. The summed E-state index contributed by atoms with van der Waals surface area (Å²) in [5.41, 5.74) is 2.51. The van der Waals surface area contributed by atoms with Crippen molar-refractivity contribution in [1.82, 2.24) is 4.98 Å². The molecule has 0 saturated heterocycles. The van der Waals surface area contributed by atoms with Gasteiger partial charge in [-0.05, 0) is 39.3 Å². The van der Waals surface area contributed by atoms with E-state index in [0.717, 1.165) is 26.8 Å². The molecule has 112 valence electrons. The van der Waals surface area contributed by atoms with E-state index < -0.39 is 4.92 Å². The average molecular weight is 326 g/mol. The van der Waals surface area contributed by atoms with Crippen LogP contribution in [0, 0.1) is 30.9 Å². The number of aryl methyl sites for hydroxylation is 3. The summed E-state index contributed by atoms with van der Waals surface area (Å²) in [6, 6.07) is 3.16. The monoisotopic (exact) mass is 325 g/mol. The first-order valence-corrected chi connectivity index (χ1v) is 7.64. The number of nitro benzene ring substituents is 1. The van der Waals surface area contributed by atoms with Gasteiger partial charge in [-0.15, -0.1) is 11.3 Å². The van der Waals surface area contributed by atoms with Crippen molar-refractivity contribution in [2.75, 3.05) is 5.32 Å². The first kappa shape index (κ1) is 15.7. The number of thiazole rings is 1.